The van der Waals surface area contributed by atoms with E-state index in [9.17, 15) is 10.1 Å². The molecule has 1 aliphatic heterocycles. The first kappa shape index (κ1) is 11.6. The number of nitrogens with zero attached hydrogens (tertiary/aromatic N) is 3. The van der Waals surface area contributed by atoms with E-state index >= 15 is 0 Å². The number of amides is 1. The molecule has 1 aromatic carbocycles. The monoisotopic (exact) mass is 255 g/mol. The van der Waals surface area contributed by atoms with Crippen molar-refractivity contribution >= 4 is 17.0 Å². The Bertz CT molecular complexity index is 711. The van der Waals surface area contributed by atoms with Crippen molar-refractivity contribution in [3.63, 3.8) is 0 Å². The minimum absolute atomic E-state index is 0.0341. The summed E-state index contributed by atoms with van der Waals surface area (Å²) in [5.41, 5.74) is 2.50. The number of aromatic nitrogens is 1. The van der Waals surface area contributed by atoms with E-state index in [0.717, 1.165) is 16.6 Å². The van der Waals surface area contributed by atoms with Crippen LogP contribution < -0.4 is 0 Å². The molecular weight excluding hydrogens is 242 g/mol. The van der Waals surface area contributed by atoms with Crippen molar-refractivity contribution in [2.75, 3.05) is 6.54 Å². The highest BCUT2D eigenvalue weighted by Crippen LogP contribution is 2.31. The van der Waals surface area contributed by atoms with Crippen molar-refractivity contribution in [2.45, 2.75) is 19.5 Å². The highest BCUT2D eigenvalue weighted by atomic mass is 16.4. The van der Waals surface area contributed by atoms with Gasteiger partial charge in [0.2, 0.25) is 0 Å². The zero-order chi connectivity index (χ0) is 13.6. The molecule has 3 rings (SSSR count). The third-order valence-electron chi connectivity index (χ3n) is 3.61. The molecule has 0 bridgehead atoms. The summed E-state index contributed by atoms with van der Waals surface area (Å²) in [4.78, 5) is 12.5. The summed E-state index contributed by atoms with van der Waals surface area (Å²) >= 11 is 0. The molecule has 5 heteroatoms. The zero-order valence-corrected chi connectivity index (χ0v) is 10.5. The molecule has 1 amide bonds. The van der Waals surface area contributed by atoms with Gasteiger partial charge < -0.3 is 14.6 Å². The number of carboxylic acid groups (broad SMARTS) is 1. The molecular formula is C14H13N3O2. The fourth-order valence-corrected chi connectivity index (χ4v) is 2.86. The molecule has 1 atom stereocenters. The number of hydrogen-bond donors (Lipinski definition) is 1. The van der Waals surface area contributed by atoms with Crippen LogP contribution in [-0.4, -0.2) is 27.2 Å². The molecule has 96 valence electrons. The molecule has 1 unspecified atom stereocenters. The lowest BCUT2D eigenvalue weighted by Crippen LogP contribution is -2.39. The first-order chi connectivity index (χ1) is 9.11. The standard InChI is InChI=1S/C14H13N3O2/c1-9-7-16(14(18)19)8-12-5-10-3-2-4-11(6-15)13(10)17(9)12/h2-5,9H,7-8H2,1H3,(H,18,19). The van der Waals surface area contributed by atoms with E-state index in [1.54, 1.807) is 6.07 Å². The van der Waals surface area contributed by atoms with Gasteiger partial charge in [-0.05, 0) is 19.1 Å². The number of carbonyl (C=O) groups is 1. The highest BCUT2D eigenvalue weighted by molar-refractivity contribution is 5.87. The van der Waals surface area contributed by atoms with Crippen LogP contribution in [0.15, 0.2) is 24.3 Å². The second-order valence-corrected chi connectivity index (χ2v) is 4.87. The van der Waals surface area contributed by atoms with Crippen LogP contribution in [0.4, 0.5) is 4.79 Å². The fraction of sp³-hybridized carbons (Fsp3) is 0.286. The van der Waals surface area contributed by atoms with Crippen LogP contribution >= 0.6 is 0 Å². The van der Waals surface area contributed by atoms with E-state index in [2.05, 4.69) is 10.6 Å². The van der Waals surface area contributed by atoms with Crippen molar-refractivity contribution in [2.24, 2.45) is 0 Å². The summed E-state index contributed by atoms with van der Waals surface area (Å²) in [6.45, 7) is 2.80. The quantitative estimate of drug-likeness (QED) is 0.786. The summed E-state index contributed by atoms with van der Waals surface area (Å²) in [5.74, 6) is 0. The van der Waals surface area contributed by atoms with Gasteiger partial charge in [-0.3, -0.25) is 0 Å². The maximum atomic E-state index is 11.1. The second-order valence-electron chi connectivity index (χ2n) is 4.87. The molecule has 0 spiro atoms. The van der Waals surface area contributed by atoms with Crippen molar-refractivity contribution in [3.05, 3.63) is 35.5 Å². The number of fused-ring (bicyclic) bond motifs is 3. The molecule has 0 aliphatic carbocycles. The Kier molecular flexibility index (Phi) is 2.46. The van der Waals surface area contributed by atoms with Gasteiger partial charge in [-0.2, -0.15) is 5.26 Å². The first-order valence-corrected chi connectivity index (χ1v) is 6.12. The normalized spacial score (nSPS) is 18.1. The molecule has 2 aromatic rings. The molecule has 0 radical (unpaired) electrons. The first-order valence-electron chi connectivity index (χ1n) is 6.12. The molecule has 0 saturated carbocycles. The van der Waals surface area contributed by atoms with Gasteiger partial charge in [-0.1, -0.05) is 12.1 Å². The van der Waals surface area contributed by atoms with Crippen LogP contribution in [0.2, 0.25) is 0 Å². The van der Waals surface area contributed by atoms with E-state index in [1.165, 1.54) is 4.90 Å². The summed E-state index contributed by atoms with van der Waals surface area (Å²) in [5, 5.41) is 19.3. The molecule has 0 fully saturated rings. The third kappa shape index (κ3) is 1.65. The van der Waals surface area contributed by atoms with E-state index in [1.807, 2.05) is 25.1 Å². The van der Waals surface area contributed by atoms with E-state index in [4.69, 9.17) is 5.11 Å². The van der Waals surface area contributed by atoms with Gasteiger partial charge in [0.15, 0.2) is 0 Å². The summed E-state index contributed by atoms with van der Waals surface area (Å²) in [6.07, 6.45) is -0.899. The minimum atomic E-state index is -0.899. The van der Waals surface area contributed by atoms with Crippen LogP contribution in [0.1, 0.15) is 24.2 Å². The number of benzene rings is 1. The Morgan fingerprint density at radius 2 is 2.32 bits per heavy atom. The average molecular weight is 255 g/mol. The number of nitriles is 1. The van der Waals surface area contributed by atoms with Gasteiger partial charge >= 0.3 is 6.09 Å². The maximum absolute atomic E-state index is 11.1. The van der Waals surface area contributed by atoms with E-state index in [-0.39, 0.29) is 6.04 Å². The molecule has 1 aliphatic rings. The van der Waals surface area contributed by atoms with Crippen LogP contribution in [0.25, 0.3) is 10.9 Å². The fourth-order valence-electron chi connectivity index (χ4n) is 2.86. The zero-order valence-electron chi connectivity index (χ0n) is 10.5. The predicted octanol–water partition coefficient (Wildman–Crippen LogP) is 2.57. The van der Waals surface area contributed by atoms with Crippen molar-refractivity contribution in [3.8, 4) is 6.07 Å². The third-order valence-corrected chi connectivity index (χ3v) is 3.61. The smallest absolute Gasteiger partial charge is 0.407 e. The Balaban J connectivity index is 2.23. The largest absolute Gasteiger partial charge is 0.465 e. The molecule has 0 saturated heterocycles. The Morgan fingerprint density at radius 1 is 1.53 bits per heavy atom. The number of para-hydroxylation sites is 1. The summed E-state index contributed by atoms with van der Waals surface area (Å²) in [7, 11) is 0. The Hall–Kier alpha value is -2.48. The summed E-state index contributed by atoms with van der Waals surface area (Å²) in [6, 6.07) is 9.83. The molecule has 1 aromatic heterocycles. The van der Waals surface area contributed by atoms with Gasteiger partial charge in [0.25, 0.3) is 0 Å². The molecule has 5 nitrogen and oxygen atoms in total. The number of hydrogen-bond acceptors (Lipinski definition) is 2. The van der Waals surface area contributed by atoms with Crippen LogP contribution in [-0.2, 0) is 6.54 Å². The second kappa shape index (κ2) is 4.02. The number of rotatable bonds is 0. The van der Waals surface area contributed by atoms with Gasteiger partial charge in [0, 0.05) is 23.7 Å². The van der Waals surface area contributed by atoms with Crippen molar-refractivity contribution in [1.29, 1.82) is 5.26 Å². The molecule has 2 heterocycles. The van der Waals surface area contributed by atoms with Gasteiger partial charge in [-0.15, -0.1) is 0 Å². The Morgan fingerprint density at radius 3 is 3.00 bits per heavy atom. The highest BCUT2D eigenvalue weighted by Gasteiger charge is 2.27. The van der Waals surface area contributed by atoms with E-state index < -0.39 is 6.09 Å². The van der Waals surface area contributed by atoms with Crippen LogP contribution in [0.5, 0.6) is 0 Å². The molecule has 19 heavy (non-hydrogen) atoms. The van der Waals surface area contributed by atoms with Crippen molar-refractivity contribution in [1.82, 2.24) is 9.47 Å². The summed E-state index contributed by atoms with van der Waals surface area (Å²) < 4.78 is 2.09. The lowest BCUT2D eigenvalue weighted by atomic mass is 10.1. The van der Waals surface area contributed by atoms with Gasteiger partial charge in [0.05, 0.1) is 17.6 Å². The van der Waals surface area contributed by atoms with Crippen molar-refractivity contribution < 1.29 is 9.90 Å². The van der Waals surface area contributed by atoms with Gasteiger partial charge in [0.1, 0.15) is 6.07 Å². The average Bonchev–Trinajstić information content (AvgIpc) is 2.76. The van der Waals surface area contributed by atoms with Crippen LogP contribution in [0.3, 0.4) is 0 Å². The van der Waals surface area contributed by atoms with E-state index in [0.29, 0.717) is 18.7 Å². The van der Waals surface area contributed by atoms with Crippen LogP contribution in [0, 0.1) is 11.3 Å². The van der Waals surface area contributed by atoms with Gasteiger partial charge in [-0.25, -0.2) is 4.79 Å². The Labute approximate surface area is 110 Å². The lowest BCUT2D eigenvalue weighted by molar-refractivity contribution is 0.126. The minimum Gasteiger partial charge on any atom is -0.465 e. The SMILES string of the molecule is CC1CN(C(=O)O)Cc2cc3cccc(C#N)c3n21. The predicted molar refractivity (Wildman–Crippen MR) is 69.8 cm³/mol. The maximum Gasteiger partial charge on any atom is 0.407 e. The molecule has 1 N–H and O–H groups in total. The lowest BCUT2D eigenvalue weighted by Gasteiger charge is -2.32. The topological polar surface area (TPSA) is 69.3 Å².